The number of carbonyl (C=O) groups excluding carboxylic acids is 1. The Kier molecular flexibility index (Phi) is 5.56. The Balaban J connectivity index is 1.62. The first-order valence-electron chi connectivity index (χ1n) is 10.7. The van der Waals surface area contributed by atoms with Gasteiger partial charge in [-0.25, -0.2) is 9.99 Å². The topological polar surface area (TPSA) is 54.8 Å². The van der Waals surface area contributed by atoms with Crippen molar-refractivity contribution >= 4 is 34.1 Å². The van der Waals surface area contributed by atoms with Gasteiger partial charge in [0.2, 0.25) is 0 Å². The molecule has 0 saturated carbocycles. The van der Waals surface area contributed by atoms with Crippen LogP contribution in [0.2, 0.25) is 5.15 Å². The summed E-state index contributed by atoms with van der Waals surface area (Å²) in [6, 6.07) is 24.7. The van der Waals surface area contributed by atoms with Crippen LogP contribution in [0.1, 0.15) is 39.5 Å². The Morgan fingerprint density at radius 3 is 2.58 bits per heavy atom. The minimum Gasteiger partial charge on any atom is -0.494 e. The molecule has 164 valence electrons. The predicted octanol–water partition coefficient (Wildman–Crippen LogP) is 6.20. The number of amides is 1. The maximum atomic E-state index is 13.5. The van der Waals surface area contributed by atoms with Crippen molar-refractivity contribution in [3.05, 3.63) is 106 Å². The van der Waals surface area contributed by atoms with E-state index in [0.717, 1.165) is 27.8 Å². The molecule has 1 aromatic heterocycles. The molecule has 1 aliphatic heterocycles. The van der Waals surface area contributed by atoms with E-state index in [0.29, 0.717) is 28.4 Å². The van der Waals surface area contributed by atoms with Crippen LogP contribution in [0.3, 0.4) is 0 Å². The zero-order valence-corrected chi connectivity index (χ0v) is 19.1. The number of aromatic nitrogens is 1. The summed E-state index contributed by atoms with van der Waals surface area (Å²) >= 11 is 6.69. The van der Waals surface area contributed by atoms with Crippen LogP contribution in [0.4, 0.5) is 0 Å². The number of aryl methyl sites for hydroxylation is 1. The van der Waals surface area contributed by atoms with Gasteiger partial charge < -0.3 is 4.74 Å². The average molecular weight is 456 g/mol. The molecule has 5 rings (SSSR count). The molecule has 1 amide bonds. The van der Waals surface area contributed by atoms with E-state index in [1.807, 2.05) is 67.6 Å². The SMILES string of the molecule is COc1cccc2cc([C@H]3CC(c4cccc(C)c4)=NN3C(=O)c3ccccc3)c(Cl)nc12. The monoisotopic (exact) mass is 455 g/mol. The van der Waals surface area contributed by atoms with Gasteiger partial charge in [0, 0.05) is 22.9 Å². The van der Waals surface area contributed by atoms with Gasteiger partial charge in [-0.05, 0) is 36.8 Å². The molecule has 0 bridgehead atoms. The van der Waals surface area contributed by atoms with Crippen molar-refractivity contribution in [1.82, 2.24) is 9.99 Å². The molecule has 0 unspecified atom stereocenters. The molecule has 33 heavy (non-hydrogen) atoms. The standard InChI is InChI=1S/C27H22ClN3O2/c1-17-8-6-11-19(14-17)22-16-23(31(30-22)27(32)18-9-4-3-5-10-18)21-15-20-12-7-13-24(33-2)25(20)29-26(21)28/h3-15,23H,16H2,1-2H3/t23-/m1/s1. The van der Waals surface area contributed by atoms with E-state index in [1.54, 1.807) is 24.3 Å². The van der Waals surface area contributed by atoms with Gasteiger partial charge in [-0.2, -0.15) is 5.10 Å². The molecule has 0 radical (unpaired) electrons. The lowest BCUT2D eigenvalue weighted by Gasteiger charge is -2.23. The second-order valence-corrected chi connectivity index (χ2v) is 8.41. The van der Waals surface area contributed by atoms with Gasteiger partial charge in [0.1, 0.15) is 16.4 Å². The third-order valence-electron chi connectivity index (χ3n) is 5.86. The molecule has 1 aliphatic rings. The molecular weight excluding hydrogens is 434 g/mol. The number of fused-ring (bicyclic) bond motifs is 1. The highest BCUT2D eigenvalue weighted by molar-refractivity contribution is 6.30. The number of pyridine rings is 1. The first kappa shape index (κ1) is 21.2. The quantitative estimate of drug-likeness (QED) is 0.344. The summed E-state index contributed by atoms with van der Waals surface area (Å²) in [5.41, 5.74) is 4.99. The molecule has 6 heteroatoms. The number of carbonyl (C=O) groups is 1. The number of methoxy groups -OCH3 is 1. The number of ether oxygens (including phenoxy) is 1. The molecule has 5 nitrogen and oxygen atoms in total. The largest absolute Gasteiger partial charge is 0.494 e. The van der Waals surface area contributed by atoms with Gasteiger partial charge >= 0.3 is 0 Å². The number of hydrogen-bond donors (Lipinski definition) is 0. The van der Waals surface area contributed by atoms with Crippen molar-refractivity contribution in [2.24, 2.45) is 5.10 Å². The summed E-state index contributed by atoms with van der Waals surface area (Å²) in [5.74, 6) is 0.478. The minimum atomic E-state index is -0.371. The number of hydrazone groups is 1. The minimum absolute atomic E-state index is 0.176. The van der Waals surface area contributed by atoms with Gasteiger partial charge in [0.15, 0.2) is 0 Å². The van der Waals surface area contributed by atoms with Gasteiger partial charge in [-0.3, -0.25) is 4.79 Å². The number of halogens is 1. The van der Waals surface area contributed by atoms with E-state index >= 15 is 0 Å². The van der Waals surface area contributed by atoms with E-state index in [-0.39, 0.29) is 11.9 Å². The third-order valence-corrected chi connectivity index (χ3v) is 6.16. The first-order valence-corrected chi connectivity index (χ1v) is 11.1. The average Bonchev–Trinajstić information content (AvgIpc) is 3.28. The van der Waals surface area contributed by atoms with Gasteiger partial charge in [-0.1, -0.05) is 71.8 Å². The maximum Gasteiger partial charge on any atom is 0.274 e. The van der Waals surface area contributed by atoms with Crippen LogP contribution in [-0.2, 0) is 0 Å². The molecule has 3 aromatic carbocycles. The normalized spacial score (nSPS) is 15.5. The van der Waals surface area contributed by atoms with Crippen LogP contribution in [-0.4, -0.2) is 28.7 Å². The fraction of sp³-hybridized carbons (Fsp3) is 0.148. The molecule has 2 heterocycles. The zero-order chi connectivity index (χ0) is 22.9. The number of benzene rings is 3. The highest BCUT2D eigenvalue weighted by atomic mass is 35.5. The summed E-state index contributed by atoms with van der Waals surface area (Å²) in [5, 5.41) is 7.55. The van der Waals surface area contributed by atoms with Crippen LogP contribution < -0.4 is 4.74 Å². The van der Waals surface area contributed by atoms with Crippen LogP contribution in [0.25, 0.3) is 10.9 Å². The predicted molar refractivity (Wildman–Crippen MR) is 131 cm³/mol. The third kappa shape index (κ3) is 3.96. The Bertz CT molecular complexity index is 1390. The summed E-state index contributed by atoms with van der Waals surface area (Å²) in [6.45, 7) is 2.04. The summed E-state index contributed by atoms with van der Waals surface area (Å²) in [6.07, 6.45) is 0.541. The Morgan fingerprint density at radius 2 is 1.82 bits per heavy atom. The van der Waals surface area contributed by atoms with Gasteiger partial charge in [-0.15, -0.1) is 0 Å². The smallest absolute Gasteiger partial charge is 0.274 e. The van der Waals surface area contributed by atoms with E-state index in [2.05, 4.69) is 11.1 Å². The molecule has 0 spiro atoms. The molecule has 4 aromatic rings. The highest BCUT2D eigenvalue weighted by Gasteiger charge is 2.35. The highest BCUT2D eigenvalue weighted by Crippen LogP contribution is 2.39. The fourth-order valence-corrected chi connectivity index (χ4v) is 4.48. The summed E-state index contributed by atoms with van der Waals surface area (Å²) in [4.78, 5) is 18.1. The maximum absolute atomic E-state index is 13.5. The van der Waals surface area contributed by atoms with Crippen LogP contribution >= 0.6 is 11.6 Å². The van der Waals surface area contributed by atoms with Crippen molar-refractivity contribution in [1.29, 1.82) is 0 Å². The Labute approximate surface area is 197 Å². The van der Waals surface area contributed by atoms with E-state index in [9.17, 15) is 4.79 Å². The number of para-hydroxylation sites is 1. The molecule has 0 N–H and O–H groups in total. The number of rotatable bonds is 4. The van der Waals surface area contributed by atoms with E-state index < -0.39 is 0 Å². The zero-order valence-electron chi connectivity index (χ0n) is 18.3. The molecule has 0 saturated heterocycles. The summed E-state index contributed by atoms with van der Waals surface area (Å²) < 4.78 is 5.44. The van der Waals surface area contributed by atoms with Gasteiger partial charge in [0.25, 0.3) is 5.91 Å². The lowest BCUT2D eigenvalue weighted by atomic mass is 9.97. The van der Waals surface area contributed by atoms with Gasteiger partial charge in [0.05, 0.1) is 18.9 Å². The molecular formula is C27H22ClN3O2. The van der Waals surface area contributed by atoms with Crippen molar-refractivity contribution in [3.8, 4) is 5.75 Å². The lowest BCUT2D eigenvalue weighted by Crippen LogP contribution is -2.27. The first-order chi connectivity index (χ1) is 16.0. The Morgan fingerprint density at radius 1 is 1.03 bits per heavy atom. The summed E-state index contributed by atoms with van der Waals surface area (Å²) in [7, 11) is 1.61. The molecule has 0 fully saturated rings. The van der Waals surface area contributed by atoms with Crippen LogP contribution in [0, 0.1) is 6.92 Å². The number of nitrogens with zero attached hydrogens (tertiary/aromatic N) is 3. The molecule has 0 aliphatic carbocycles. The fourth-order valence-electron chi connectivity index (χ4n) is 4.22. The molecule has 1 atom stereocenters. The second kappa shape index (κ2) is 8.68. The lowest BCUT2D eigenvalue weighted by molar-refractivity contribution is 0.0711. The van der Waals surface area contributed by atoms with Crippen molar-refractivity contribution in [3.63, 3.8) is 0 Å². The van der Waals surface area contributed by atoms with Crippen molar-refractivity contribution < 1.29 is 9.53 Å². The van der Waals surface area contributed by atoms with Crippen LogP contribution in [0.15, 0.2) is 84.0 Å². The van der Waals surface area contributed by atoms with Crippen molar-refractivity contribution in [2.45, 2.75) is 19.4 Å². The Hall–Kier alpha value is -3.70. The van der Waals surface area contributed by atoms with Crippen LogP contribution in [0.5, 0.6) is 5.75 Å². The van der Waals surface area contributed by atoms with E-state index in [4.69, 9.17) is 21.4 Å². The van der Waals surface area contributed by atoms with E-state index in [1.165, 1.54) is 0 Å². The number of hydrogen-bond acceptors (Lipinski definition) is 4. The second-order valence-electron chi connectivity index (χ2n) is 8.05. The van der Waals surface area contributed by atoms with Crippen molar-refractivity contribution in [2.75, 3.05) is 7.11 Å².